The minimum absolute atomic E-state index is 0.0219. The van der Waals surface area contributed by atoms with Gasteiger partial charge in [0.05, 0.1) is 12.1 Å². The number of nitrogens with one attached hydrogen (secondary N) is 2. The van der Waals surface area contributed by atoms with Crippen LogP contribution in [-0.4, -0.2) is 18.5 Å². The summed E-state index contributed by atoms with van der Waals surface area (Å²) in [5.74, 6) is 0.106. The molecule has 0 radical (unpaired) electrons. The Labute approximate surface area is 113 Å². The van der Waals surface area contributed by atoms with Crippen LogP contribution in [0, 0.1) is 0 Å². The Bertz CT molecular complexity index is 399. The highest BCUT2D eigenvalue weighted by molar-refractivity contribution is 6.30. The molecule has 1 aliphatic heterocycles. The van der Waals surface area contributed by atoms with E-state index in [0.717, 1.165) is 36.4 Å². The number of hydrogen-bond donors (Lipinski definition) is 2. The lowest BCUT2D eigenvalue weighted by Crippen LogP contribution is -2.41. The van der Waals surface area contributed by atoms with Gasteiger partial charge in [-0.1, -0.05) is 30.7 Å². The zero-order chi connectivity index (χ0) is 13.0. The first kappa shape index (κ1) is 13.4. The van der Waals surface area contributed by atoms with Gasteiger partial charge in [-0.3, -0.25) is 4.79 Å². The van der Waals surface area contributed by atoms with Crippen molar-refractivity contribution in [3.05, 3.63) is 34.9 Å². The highest BCUT2D eigenvalue weighted by atomic mass is 35.5. The van der Waals surface area contributed by atoms with Crippen molar-refractivity contribution in [1.29, 1.82) is 0 Å². The van der Waals surface area contributed by atoms with Crippen molar-refractivity contribution < 1.29 is 4.79 Å². The van der Waals surface area contributed by atoms with Crippen LogP contribution in [0.2, 0.25) is 5.02 Å². The second-order valence-corrected chi connectivity index (χ2v) is 5.11. The number of carbonyl (C=O) groups is 1. The third-order valence-corrected chi connectivity index (χ3v) is 3.63. The SMILES string of the molecule is CCC(NC(=O)[C@H]1CCCN1)c1ccc(Cl)cc1. The normalized spacial score (nSPS) is 20.7. The summed E-state index contributed by atoms with van der Waals surface area (Å²) in [6.07, 6.45) is 2.89. The average Bonchev–Trinajstić information content (AvgIpc) is 2.91. The predicted octanol–water partition coefficient (Wildman–Crippen LogP) is 2.66. The molecule has 1 heterocycles. The second kappa shape index (κ2) is 6.21. The molecule has 2 rings (SSSR count). The van der Waals surface area contributed by atoms with Crippen molar-refractivity contribution in [3.8, 4) is 0 Å². The summed E-state index contributed by atoms with van der Waals surface area (Å²) in [5.41, 5.74) is 1.10. The molecule has 0 saturated carbocycles. The fourth-order valence-electron chi connectivity index (χ4n) is 2.30. The van der Waals surface area contributed by atoms with Gasteiger partial charge in [0, 0.05) is 5.02 Å². The van der Waals surface area contributed by atoms with Gasteiger partial charge in [0.15, 0.2) is 0 Å². The van der Waals surface area contributed by atoms with E-state index in [4.69, 9.17) is 11.6 Å². The summed E-state index contributed by atoms with van der Waals surface area (Å²) in [4.78, 5) is 12.1. The molecule has 0 aliphatic carbocycles. The summed E-state index contributed by atoms with van der Waals surface area (Å²) < 4.78 is 0. The van der Waals surface area contributed by atoms with Crippen LogP contribution in [0.15, 0.2) is 24.3 Å². The van der Waals surface area contributed by atoms with Crippen molar-refractivity contribution in [2.45, 2.75) is 38.3 Å². The Kier molecular flexibility index (Phi) is 4.61. The highest BCUT2D eigenvalue weighted by Gasteiger charge is 2.24. The summed E-state index contributed by atoms with van der Waals surface area (Å²) in [7, 11) is 0. The van der Waals surface area contributed by atoms with Crippen LogP contribution < -0.4 is 10.6 Å². The molecule has 0 spiro atoms. The zero-order valence-corrected chi connectivity index (χ0v) is 11.3. The minimum atomic E-state index is -0.0219. The number of rotatable bonds is 4. The van der Waals surface area contributed by atoms with Crippen LogP contribution >= 0.6 is 11.6 Å². The van der Waals surface area contributed by atoms with Crippen LogP contribution in [-0.2, 0) is 4.79 Å². The first-order valence-corrected chi connectivity index (χ1v) is 6.87. The number of hydrogen-bond acceptors (Lipinski definition) is 2. The van der Waals surface area contributed by atoms with E-state index in [1.54, 1.807) is 0 Å². The number of benzene rings is 1. The maximum atomic E-state index is 12.1. The lowest BCUT2D eigenvalue weighted by atomic mass is 10.0. The van der Waals surface area contributed by atoms with Crippen molar-refractivity contribution in [3.63, 3.8) is 0 Å². The van der Waals surface area contributed by atoms with Crippen molar-refractivity contribution in [2.24, 2.45) is 0 Å². The molecule has 0 bridgehead atoms. The molecular weight excluding hydrogens is 248 g/mol. The Morgan fingerprint density at radius 2 is 2.22 bits per heavy atom. The summed E-state index contributed by atoms with van der Waals surface area (Å²) in [6.45, 7) is 3.01. The smallest absolute Gasteiger partial charge is 0.237 e. The van der Waals surface area contributed by atoms with Crippen LogP contribution in [0.5, 0.6) is 0 Å². The molecule has 98 valence electrons. The maximum Gasteiger partial charge on any atom is 0.237 e. The van der Waals surface area contributed by atoms with Gasteiger partial charge >= 0.3 is 0 Å². The van der Waals surface area contributed by atoms with E-state index < -0.39 is 0 Å². The van der Waals surface area contributed by atoms with Gasteiger partial charge in [0.1, 0.15) is 0 Å². The van der Waals surface area contributed by atoms with Crippen LogP contribution in [0.1, 0.15) is 37.8 Å². The molecular formula is C14H19ClN2O. The largest absolute Gasteiger partial charge is 0.348 e. The molecule has 1 aromatic carbocycles. The van der Waals surface area contributed by atoms with Crippen molar-refractivity contribution in [2.75, 3.05) is 6.54 Å². The van der Waals surface area contributed by atoms with E-state index in [1.165, 1.54) is 0 Å². The average molecular weight is 267 g/mol. The number of halogens is 1. The molecule has 3 nitrogen and oxygen atoms in total. The Morgan fingerprint density at radius 3 is 2.78 bits per heavy atom. The lowest BCUT2D eigenvalue weighted by molar-refractivity contribution is -0.123. The second-order valence-electron chi connectivity index (χ2n) is 4.67. The van der Waals surface area contributed by atoms with Gasteiger partial charge in [-0.2, -0.15) is 0 Å². The van der Waals surface area contributed by atoms with Crippen LogP contribution in [0.25, 0.3) is 0 Å². The van der Waals surface area contributed by atoms with E-state index in [-0.39, 0.29) is 18.0 Å². The molecule has 18 heavy (non-hydrogen) atoms. The van der Waals surface area contributed by atoms with Crippen molar-refractivity contribution >= 4 is 17.5 Å². The number of amides is 1. The molecule has 1 fully saturated rings. The zero-order valence-electron chi connectivity index (χ0n) is 10.6. The third-order valence-electron chi connectivity index (χ3n) is 3.37. The summed E-state index contributed by atoms with van der Waals surface area (Å²) in [6, 6.07) is 7.71. The molecule has 2 atom stereocenters. The van der Waals surface area contributed by atoms with Gasteiger partial charge < -0.3 is 10.6 Å². The summed E-state index contributed by atoms with van der Waals surface area (Å²) in [5, 5.41) is 7.03. The highest BCUT2D eigenvalue weighted by Crippen LogP contribution is 2.19. The van der Waals surface area contributed by atoms with Gasteiger partial charge in [-0.15, -0.1) is 0 Å². The molecule has 1 aromatic rings. The molecule has 4 heteroatoms. The van der Waals surface area contributed by atoms with E-state index in [1.807, 2.05) is 24.3 Å². The fraction of sp³-hybridized carbons (Fsp3) is 0.500. The topological polar surface area (TPSA) is 41.1 Å². The lowest BCUT2D eigenvalue weighted by Gasteiger charge is -2.20. The molecule has 0 aromatic heterocycles. The first-order chi connectivity index (χ1) is 8.70. The van der Waals surface area contributed by atoms with Gasteiger partial charge in [-0.25, -0.2) is 0 Å². The summed E-state index contributed by atoms with van der Waals surface area (Å²) >= 11 is 5.87. The third kappa shape index (κ3) is 3.24. The molecule has 1 aliphatic rings. The molecule has 1 unspecified atom stereocenters. The molecule has 1 amide bonds. The van der Waals surface area contributed by atoms with E-state index in [0.29, 0.717) is 0 Å². The first-order valence-electron chi connectivity index (χ1n) is 6.50. The van der Waals surface area contributed by atoms with E-state index >= 15 is 0 Å². The molecule has 2 N–H and O–H groups in total. The van der Waals surface area contributed by atoms with E-state index in [9.17, 15) is 4.79 Å². The number of carbonyl (C=O) groups excluding carboxylic acids is 1. The standard InChI is InChI=1S/C14H19ClN2O/c1-2-12(10-5-7-11(15)8-6-10)17-14(18)13-4-3-9-16-13/h5-8,12-13,16H,2-4,9H2,1H3,(H,17,18)/t12?,13-/m1/s1. The quantitative estimate of drug-likeness (QED) is 0.880. The Hall–Kier alpha value is -1.06. The maximum absolute atomic E-state index is 12.1. The predicted molar refractivity (Wildman–Crippen MR) is 73.7 cm³/mol. The van der Waals surface area contributed by atoms with Gasteiger partial charge in [0.2, 0.25) is 5.91 Å². The monoisotopic (exact) mass is 266 g/mol. The fourth-order valence-corrected chi connectivity index (χ4v) is 2.42. The van der Waals surface area contributed by atoms with Crippen molar-refractivity contribution in [1.82, 2.24) is 10.6 Å². The van der Waals surface area contributed by atoms with Crippen LogP contribution in [0.3, 0.4) is 0 Å². The Morgan fingerprint density at radius 1 is 1.50 bits per heavy atom. The van der Waals surface area contributed by atoms with Crippen LogP contribution in [0.4, 0.5) is 0 Å². The Balaban J connectivity index is 2.00. The van der Waals surface area contributed by atoms with E-state index in [2.05, 4.69) is 17.6 Å². The molecule has 1 saturated heterocycles. The minimum Gasteiger partial charge on any atom is -0.348 e. The van der Waals surface area contributed by atoms with Gasteiger partial charge in [-0.05, 0) is 43.5 Å². The van der Waals surface area contributed by atoms with Gasteiger partial charge in [0.25, 0.3) is 0 Å².